The van der Waals surface area contributed by atoms with Crippen molar-refractivity contribution in [3.63, 3.8) is 0 Å². The number of ether oxygens (including phenoxy) is 1. The molecule has 0 aliphatic carbocycles. The molecule has 6 heteroatoms. The first-order valence-corrected chi connectivity index (χ1v) is 7.69. The molecule has 0 saturated carbocycles. The smallest absolute Gasteiger partial charge is 0.255 e. The minimum absolute atomic E-state index is 0.105. The first kappa shape index (κ1) is 14.0. The molecule has 19 heavy (non-hydrogen) atoms. The molecule has 1 aliphatic rings. The van der Waals surface area contributed by atoms with Crippen molar-refractivity contribution in [1.82, 2.24) is 4.90 Å². The van der Waals surface area contributed by atoms with Gasteiger partial charge in [0.15, 0.2) is 6.61 Å². The van der Waals surface area contributed by atoms with Gasteiger partial charge in [-0.1, -0.05) is 12.1 Å². The molecule has 104 valence electrons. The van der Waals surface area contributed by atoms with Gasteiger partial charge in [-0.25, -0.2) is 0 Å². The lowest BCUT2D eigenvalue weighted by atomic mass is 10.2. The number of hydrogen-bond acceptors (Lipinski definition) is 4. The molecule has 1 aliphatic heterocycles. The molecule has 5 nitrogen and oxygen atoms in total. The minimum Gasteiger partial charge on any atom is -0.484 e. The number of benzene rings is 1. The van der Waals surface area contributed by atoms with E-state index in [-0.39, 0.29) is 6.61 Å². The lowest BCUT2D eigenvalue weighted by molar-refractivity contribution is -0.119. The van der Waals surface area contributed by atoms with Crippen molar-refractivity contribution in [3.8, 4) is 5.75 Å². The topological polar surface area (TPSA) is 72.6 Å². The van der Waals surface area contributed by atoms with E-state index < -0.39 is 16.7 Å². The van der Waals surface area contributed by atoms with Crippen LogP contribution in [0.25, 0.3) is 0 Å². The molecule has 0 bridgehead atoms. The number of hydrogen-bond donors (Lipinski definition) is 1. The van der Waals surface area contributed by atoms with Crippen LogP contribution in [0.5, 0.6) is 5.75 Å². The minimum atomic E-state index is -0.649. The predicted octanol–water partition coefficient (Wildman–Crippen LogP) is 0.115. The van der Waals surface area contributed by atoms with E-state index >= 15 is 0 Å². The van der Waals surface area contributed by atoms with E-state index in [1.54, 1.807) is 6.07 Å². The van der Waals surface area contributed by atoms with Gasteiger partial charge in [-0.3, -0.25) is 13.9 Å². The average molecular weight is 282 g/mol. The lowest BCUT2D eigenvalue weighted by Gasteiger charge is -2.26. The Hall–Kier alpha value is -1.40. The van der Waals surface area contributed by atoms with Crippen LogP contribution >= 0.6 is 0 Å². The quantitative estimate of drug-likeness (QED) is 0.832. The maximum atomic E-state index is 11.3. The van der Waals surface area contributed by atoms with Crippen LogP contribution in [0.4, 0.5) is 0 Å². The fourth-order valence-corrected chi connectivity index (χ4v) is 3.11. The second kappa shape index (κ2) is 6.68. The Morgan fingerprint density at radius 1 is 1.37 bits per heavy atom. The average Bonchev–Trinajstić information content (AvgIpc) is 2.40. The third-order valence-electron chi connectivity index (χ3n) is 2.96. The number of carbonyl (C=O) groups excluding carboxylic acids is 1. The van der Waals surface area contributed by atoms with E-state index in [9.17, 15) is 9.00 Å². The first-order chi connectivity index (χ1) is 9.13. The molecule has 1 heterocycles. The monoisotopic (exact) mass is 282 g/mol. The Labute approximate surface area is 115 Å². The molecule has 2 N–H and O–H groups in total. The standard InChI is InChI=1S/C13H18N2O3S/c14-13(16)10-18-12-3-1-2-11(8-12)9-15-4-6-19(17)7-5-15/h1-3,8H,4-7,9-10H2,(H2,14,16). The summed E-state index contributed by atoms with van der Waals surface area (Å²) in [5.41, 5.74) is 6.16. The van der Waals surface area contributed by atoms with E-state index in [0.29, 0.717) is 5.75 Å². The van der Waals surface area contributed by atoms with E-state index in [2.05, 4.69) is 4.90 Å². The number of nitrogens with zero attached hydrogens (tertiary/aromatic N) is 1. The van der Waals surface area contributed by atoms with Gasteiger partial charge < -0.3 is 10.5 Å². The highest BCUT2D eigenvalue weighted by Gasteiger charge is 2.15. The highest BCUT2D eigenvalue weighted by Crippen LogP contribution is 2.15. The highest BCUT2D eigenvalue weighted by molar-refractivity contribution is 7.85. The Morgan fingerprint density at radius 2 is 2.11 bits per heavy atom. The van der Waals surface area contributed by atoms with Crippen LogP contribution in [0.15, 0.2) is 24.3 Å². The van der Waals surface area contributed by atoms with Crippen LogP contribution in [0.3, 0.4) is 0 Å². The second-order valence-corrected chi connectivity index (χ2v) is 6.22. The second-order valence-electron chi connectivity index (χ2n) is 4.53. The van der Waals surface area contributed by atoms with Gasteiger partial charge in [0.1, 0.15) is 5.75 Å². The predicted molar refractivity (Wildman–Crippen MR) is 74.3 cm³/mol. The largest absolute Gasteiger partial charge is 0.484 e. The number of rotatable bonds is 5. The molecule has 1 amide bonds. The van der Waals surface area contributed by atoms with E-state index in [1.807, 2.05) is 18.2 Å². The number of amides is 1. The molecule has 0 unspecified atom stereocenters. The molecule has 1 aromatic rings. The lowest BCUT2D eigenvalue weighted by Crippen LogP contribution is -2.37. The van der Waals surface area contributed by atoms with Gasteiger partial charge in [-0.05, 0) is 17.7 Å². The van der Waals surface area contributed by atoms with E-state index in [4.69, 9.17) is 10.5 Å². The SMILES string of the molecule is NC(=O)COc1cccc(CN2CCS(=O)CC2)c1. The van der Waals surface area contributed by atoms with Crippen molar-refractivity contribution in [2.45, 2.75) is 6.54 Å². The molecule has 2 rings (SSSR count). The third kappa shape index (κ3) is 4.65. The maximum absolute atomic E-state index is 11.3. The number of primary amides is 1. The molecular formula is C13H18N2O3S. The van der Waals surface area contributed by atoms with Crippen molar-refractivity contribution in [2.24, 2.45) is 5.73 Å². The van der Waals surface area contributed by atoms with Gasteiger partial charge in [-0.2, -0.15) is 0 Å². The van der Waals surface area contributed by atoms with Crippen molar-refractivity contribution in [1.29, 1.82) is 0 Å². The van der Waals surface area contributed by atoms with Crippen molar-refractivity contribution < 1.29 is 13.7 Å². The molecule has 0 spiro atoms. The zero-order chi connectivity index (χ0) is 13.7. The Balaban J connectivity index is 1.91. The summed E-state index contributed by atoms with van der Waals surface area (Å²) in [5.74, 6) is 1.66. The van der Waals surface area contributed by atoms with E-state index in [1.165, 1.54) is 0 Å². The van der Waals surface area contributed by atoms with Gasteiger partial charge >= 0.3 is 0 Å². The van der Waals surface area contributed by atoms with Gasteiger partial charge in [0.25, 0.3) is 5.91 Å². The number of nitrogens with two attached hydrogens (primary N) is 1. The fraction of sp³-hybridized carbons (Fsp3) is 0.462. The maximum Gasteiger partial charge on any atom is 0.255 e. The van der Waals surface area contributed by atoms with Gasteiger partial charge in [0.2, 0.25) is 0 Å². The van der Waals surface area contributed by atoms with E-state index in [0.717, 1.165) is 36.7 Å². The van der Waals surface area contributed by atoms with Crippen LogP contribution in [-0.2, 0) is 22.1 Å². The molecule has 0 aromatic heterocycles. The molecule has 1 saturated heterocycles. The van der Waals surface area contributed by atoms with Crippen LogP contribution in [0.1, 0.15) is 5.56 Å². The summed E-state index contributed by atoms with van der Waals surface area (Å²) in [4.78, 5) is 12.9. The molecule has 1 fully saturated rings. The first-order valence-electron chi connectivity index (χ1n) is 6.21. The van der Waals surface area contributed by atoms with Crippen LogP contribution in [0.2, 0.25) is 0 Å². The summed E-state index contributed by atoms with van der Waals surface area (Å²) in [7, 11) is -0.649. The van der Waals surface area contributed by atoms with Crippen LogP contribution in [-0.4, -0.2) is 46.2 Å². The zero-order valence-electron chi connectivity index (χ0n) is 10.7. The molecule has 0 radical (unpaired) electrons. The van der Waals surface area contributed by atoms with Crippen LogP contribution in [0, 0.1) is 0 Å². The fourth-order valence-electron chi connectivity index (χ4n) is 1.98. The van der Waals surface area contributed by atoms with Crippen molar-refractivity contribution >= 4 is 16.7 Å². The summed E-state index contributed by atoms with van der Waals surface area (Å²) in [6.07, 6.45) is 0. The van der Waals surface area contributed by atoms with Crippen LogP contribution < -0.4 is 10.5 Å². The Morgan fingerprint density at radius 3 is 2.79 bits per heavy atom. The number of carbonyl (C=O) groups is 1. The van der Waals surface area contributed by atoms with Gasteiger partial charge in [0, 0.05) is 41.9 Å². The van der Waals surface area contributed by atoms with Gasteiger partial charge in [-0.15, -0.1) is 0 Å². The molecule has 0 atom stereocenters. The van der Waals surface area contributed by atoms with Crippen molar-refractivity contribution in [3.05, 3.63) is 29.8 Å². The summed E-state index contributed by atoms with van der Waals surface area (Å²) >= 11 is 0. The van der Waals surface area contributed by atoms with Gasteiger partial charge in [0.05, 0.1) is 0 Å². The third-order valence-corrected chi connectivity index (χ3v) is 4.23. The molecule has 1 aromatic carbocycles. The summed E-state index contributed by atoms with van der Waals surface area (Å²) in [6, 6.07) is 7.63. The summed E-state index contributed by atoms with van der Waals surface area (Å²) < 4.78 is 16.6. The molecular weight excluding hydrogens is 264 g/mol. The summed E-state index contributed by atoms with van der Waals surface area (Å²) in [6.45, 7) is 2.43. The zero-order valence-corrected chi connectivity index (χ0v) is 11.5. The Kier molecular flexibility index (Phi) is 4.93. The highest BCUT2D eigenvalue weighted by atomic mass is 32.2. The normalized spacial score (nSPS) is 17.3. The van der Waals surface area contributed by atoms with Crippen molar-refractivity contribution in [2.75, 3.05) is 31.2 Å². The Bertz CT molecular complexity index is 469. The summed E-state index contributed by atoms with van der Waals surface area (Å²) in [5, 5.41) is 0.